The Morgan fingerprint density at radius 2 is 1.79 bits per heavy atom. The molecule has 2 aliphatic rings. The molecule has 0 bridgehead atoms. The minimum absolute atomic E-state index is 0.00107. The molecule has 0 N–H and O–H groups in total. The van der Waals surface area contributed by atoms with Crippen LogP contribution in [0.3, 0.4) is 0 Å². The maximum absolute atomic E-state index is 12.5. The van der Waals surface area contributed by atoms with Crippen molar-refractivity contribution in [3.63, 3.8) is 0 Å². The van der Waals surface area contributed by atoms with Gasteiger partial charge in [0.1, 0.15) is 0 Å². The summed E-state index contributed by atoms with van der Waals surface area (Å²) in [6.07, 6.45) is 9.21. The lowest BCUT2D eigenvalue weighted by Crippen LogP contribution is -2.54. The lowest BCUT2D eigenvalue weighted by Gasteiger charge is -2.45. The summed E-state index contributed by atoms with van der Waals surface area (Å²) in [6, 6.07) is 19.2. The van der Waals surface area contributed by atoms with Gasteiger partial charge in [-0.2, -0.15) is 0 Å². The number of nitrogens with zero attached hydrogens (tertiary/aromatic N) is 3. The Hall–Kier alpha value is -2.57. The lowest BCUT2D eigenvalue weighted by molar-refractivity contribution is -0.0767. The van der Waals surface area contributed by atoms with Gasteiger partial charge in [-0.15, -0.1) is 0 Å². The molecular formula is C32H44ClN3O3. The van der Waals surface area contributed by atoms with Crippen molar-refractivity contribution in [1.29, 1.82) is 0 Å². The van der Waals surface area contributed by atoms with Crippen LogP contribution in [0.1, 0.15) is 69.0 Å². The monoisotopic (exact) mass is 553 g/mol. The van der Waals surface area contributed by atoms with Crippen LogP contribution in [0.4, 0.5) is 4.79 Å². The first-order valence-corrected chi connectivity index (χ1v) is 14.8. The molecule has 0 amide bonds. The Morgan fingerprint density at radius 3 is 2.41 bits per heavy atom. The van der Waals surface area contributed by atoms with E-state index in [0.29, 0.717) is 24.3 Å². The Kier molecular flexibility index (Phi) is 10.3. The Labute approximate surface area is 239 Å². The number of unbranched alkanes of at least 4 members (excludes halogenated alkanes) is 1. The number of halogens is 1. The van der Waals surface area contributed by atoms with Crippen molar-refractivity contribution in [1.82, 2.24) is 9.80 Å². The van der Waals surface area contributed by atoms with E-state index in [9.17, 15) is 4.79 Å². The van der Waals surface area contributed by atoms with E-state index in [1.165, 1.54) is 18.2 Å². The van der Waals surface area contributed by atoms with Crippen LogP contribution < -0.4 is 0 Å². The second-order valence-corrected chi connectivity index (χ2v) is 11.7. The van der Waals surface area contributed by atoms with E-state index in [4.69, 9.17) is 26.1 Å². The van der Waals surface area contributed by atoms with Crippen LogP contribution in [0.5, 0.6) is 0 Å². The van der Waals surface area contributed by atoms with E-state index < -0.39 is 11.9 Å². The number of carbonyl (C=O) groups excluding carboxylic acids is 1. The van der Waals surface area contributed by atoms with Crippen LogP contribution in [0.2, 0.25) is 5.02 Å². The topological polar surface area (TPSA) is 54.4 Å². The van der Waals surface area contributed by atoms with Gasteiger partial charge in [0, 0.05) is 24.0 Å². The van der Waals surface area contributed by atoms with Crippen LogP contribution in [0.25, 0.3) is 0 Å². The van der Waals surface area contributed by atoms with Crippen molar-refractivity contribution in [2.75, 3.05) is 27.7 Å². The highest BCUT2D eigenvalue weighted by atomic mass is 35.5. The molecular weight excluding hydrogens is 510 g/mol. The second kappa shape index (κ2) is 13.7. The van der Waals surface area contributed by atoms with Gasteiger partial charge >= 0.3 is 6.16 Å². The minimum atomic E-state index is -0.908. The lowest BCUT2D eigenvalue weighted by atomic mass is 9.71. The molecule has 3 unspecified atom stereocenters. The molecule has 7 heteroatoms. The summed E-state index contributed by atoms with van der Waals surface area (Å²) in [5.74, 6) is 0.915. The molecule has 0 radical (unpaired) electrons. The standard InChI is InChI=1S/C32H44ClN3O3/c1-5-6-21-32(39-31(37)38-4)30(36(23-34-32)22-20-24-10-8-7-9-11-24)27-14-12-25(13-15-27)29(35(2)3)26-16-18-28(33)19-17-26/h7-11,16-19,23,25,27,29-30H,5-6,12-15,20-22H2,1-4H3. The third-order valence-electron chi connectivity index (χ3n) is 8.54. The third-order valence-corrected chi connectivity index (χ3v) is 8.79. The Bertz CT molecular complexity index is 1070. The maximum atomic E-state index is 12.5. The van der Waals surface area contributed by atoms with Gasteiger partial charge in [-0.05, 0) is 87.7 Å². The fourth-order valence-corrected chi connectivity index (χ4v) is 6.84. The average Bonchev–Trinajstić information content (AvgIpc) is 3.30. The zero-order valence-electron chi connectivity index (χ0n) is 23.9. The van der Waals surface area contributed by atoms with E-state index >= 15 is 0 Å². The van der Waals surface area contributed by atoms with E-state index in [1.807, 2.05) is 24.5 Å². The summed E-state index contributed by atoms with van der Waals surface area (Å²) >= 11 is 6.19. The number of carbonyl (C=O) groups is 1. The van der Waals surface area contributed by atoms with Crippen LogP contribution >= 0.6 is 11.6 Å². The molecule has 2 aromatic rings. The van der Waals surface area contributed by atoms with Crippen molar-refractivity contribution in [2.24, 2.45) is 16.8 Å². The molecule has 0 spiro atoms. The maximum Gasteiger partial charge on any atom is 0.510 e. The van der Waals surface area contributed by atoms with Gasteiger partial charge in [-0.1, -0.05) is 67.4 Å². The van der Waals surface area contributed by atoms with Gasteiger partial charge in [0.15, 0.2) is 0 Å². The van der Waals surface area contributed by atoms with Gasteiger partial charge in [0.05, 0.1) is 19.5 Å². The first-order chi connectivity index (χ1) is 18.9. The Balaban J connectivity index is 1.55. The number of hydrogen-bond donors (Lipinski definition) is 0. The van der Waals surface area contributed by atoms with E-state index in [-0.39, 0.29) is 6.04 Å². The number of methoxy groups -OCH3 is 1. The number of benzene rings is 2. The summed E-state index contributed by atoms with van der Waals surface area (Å²) < 4.78 is 11.1. The van der Waals surface area contributed by atoms with Crippen LogP contribution in [-0.4, -0.2) is 61.8 Å². The van der Waals surface area contributed by atoms with Crippen LogP contribution in [0, 0.1) is 11.8 Å². The molecule has 3 atom stereocenters. The smallest absolute Gasteiger partial charge is 0.438 e. The summed E-state index contributed by atoms with van der Waals surface area (Å²) in [7, 11) is 5.71. The molecule has 6 nitrogen and oxygen atoms in total. The van der Waals surface area contributed by atoms with E-state index in [2.05, 4.69) is 67.2 Å². The molecule has 1 heterocycles. The quantitative estimate of drug-likeness (QED) is 0.272. The summed E-state index contributed by atoms with van der Waals surface area (Å²) in [5.41, 5.74) is 1.70. The van der Waals surface area contributed by atoms with Gasteiger partial charge in [0.25, 0.3) is 0 Å². The normalized spacial score (nSPS) is 25.6. The van der Waals surface area contributed by atoms with E-state index in [1.54, 1.807) is 0 Å². The summed E-state index contributed by atoms with van der Waals surface area (Å²) in [5, 5.41) is 0.769. The van der Waals surface area contributed by atoms with Gasteiger partial charge in [0.2, 0.25) is 5.72 Å². The highest BCUT2D eigenvalue weighted by Gasteiger charge is 2.52. The minimum Gasteiger partial charge on any atom is -0.438 e. The van der Waals surface area contributed by atoms with Crippen LogP contribution in [-0.2, 0) is 15.9 Å². The van der Waals surface area contributed by atoms with Gasteiger partial charge in [-0.3, -0.25) is 0 Å². The first kappa shape index (κ1) is 29.4. The zero-order valence-corrected chi connectivity index (χ0v) is 24.6. The number of rotatable bonds is 11. The number of ether oxygens (including phenoxy) is 2. The van der Waals surface area contributed by atoms with Crippen molar-refractivity contribution >= 4 is 24.1 Å². The molecule has 0 saturated heterocycles. The van der Waals surface area contributed by atoms with Gasteiger partial charge in [-0.25, -0.2) is 9.79 Å². The fraction of sp³-hybridized carbons (Fsp3) is 0.562. The molecule has 212 valence electrons. The molecule has 1 aliphatic carbocycles. The van der Waals surface area contributed by atoms with Crippen molar-refractivity contribution in [3.05, 3.63) is 70.7 Å². The largest absolute Gasteiger partial charge is 0.510 e. The summed E-state index contributed by atoms with van der Waals surface area (Å²) in [4.78, 5) is 22.1. The Morgan fingerprint density at radius 1 is 1.10 bits per heavy atom. The van der Waals surface area contributed by atoms with E-state index in [0.717, 1.165) is 56.5 Å². The predicted molar refractivity (Wildman–Crippen MR) is 158 cm³/mol. The molecule has 1 fully saturated rings. The van der Waals surface area contributed by atoms with Crippen molar-refractivity contribution in [2.45, 2.75) is 76.1 Å². The average molecular weight is 554 g/mol. The zero-order chi connectivity index (χ0) is 27.8. The number of hydrogen-bond acceptors (Lipinski definition) is 6. The van der Waals surface area contributed by atoms with Crippen molar-refractivity contribution < 1.29 is 14.3 Å². The number of aliphatic imine (C=N–C) groups is 1. The molecule has 1 saturated carbocycles. The fourth-order valence-electron chi connectivity index (χ4n) is 6.71. The SMILES string of the molecule is CCCCC1(OC(=O)OC)N=CN(CCc2ccccc2)C1C1CCC(C(c2ccc(Cl)cc2)N(C)C)CC1. The molecule has 2 aromatic carbocycles. The molecule has 4 rings (SSSR count). The summed E-state index contributed by atoms with van der Waals surface area (Å²) in [6.45, 7) is 3.00. The molecule has 1 aliphatic heterocycles. The second-order valence-electron chi connectivity index (χ2n) is 11.3. The van der Waals surface area contributed by atoms with Gasteiger partial charge < -0.3 is 19.3 Å². The molecule has 39 heavy (non-hydrogen) atoms. The van der Waals surface area contributed by atoms with Crippen LogP contribution in [0.15, 0.2) is 59.6 Å². The third kappa shape index (κ3) is 7.15. The van der Waals surface area contributed by atoms with Crippen molar-refractivity contribution in [3.8, 4) is 0 Å². The highest BCUT2D eigenvalue weighted by Crippen LogP contribution is 2.46. The predicted octanol–water partition coefficient (Wildman–Crippen LogP) is 7.37. The first-order valence-electron chi connectivity index (χ1n) is 14.4. The highest BCUT2D eigenvalue weighted by molar-refractivity contribution is 6.30. The molecule has 0 aromatic heterocycles.